The second-order valence-electron chi connectivity index (χ2n) is 9.64. The maximum Gasteiger partial charge on any atom is 0.573 e. The summed E-state index contributed by atoms with van der Waals surface area (Å²) in [7, 11) is 0. The molecule has 7 nitrogen and oxygen atoms in total. The molecule has 2 atom stereocenters. The predicted molar refractivity (Wildman–Crippen MR) is 141 cm³/mol. The van der Waals surface area contributed by atoms with Crippen LogP contribution >= 0.6 is 11.3 Å². The zero-order valence-corrected chi connectivity index (χ0v) is 23.2. The van der Waals surface area contributed by atoms with Gasteiger partial charge in [0.15, 0.2) is 17.6 Å². The van der Waals surface area contributed by atoms with Crippen LogP contribution in [0, 0.1) is 6.92 Å². The van der Waals surface area contributed by atoms with Crippen molar-refractivity contribution in [2.75, 3.05) is 0 Å². The molecule has 0 amide bonds. The number of aromatic nitrogens is 2. The molecule has 43 heavy (non-hydrogen) atoms. The summed E-state index contributed by atoms with van der Waals surface area (Å²) in [5.41, 5.74) is -1.88. The van der Waals surface area contributed by atoms with Gasteiger partial charge in [0.1, 0.15) is 10.9 Å². The van der Waals surface area contributed by atoms with Crippen LogP contribution in [0.1, 0.15) is 36.6 Å². The molecule has 0 saturated carbocycles. The highest BCUT2D eigenvalue weighted by atomic mass is 32.1. The number of aliphatic hydroxyl groups is 1. The summed E-state index contributed by atoms with van der Waals surface area (Å²) in [4.78, 5) is 26.7. The molecule has 2 N–H and O–H groups in total. The van der Waals surface area contributed by atoms with Crippen LogP contribution in [-0.2, 0) is 12.5 Å². The molecule has 16 heteroatoms. The van der Waals surface area contributed by atoms with Gasteiger partial charge in [0.05, 0.1) is 11.9 Å². The van der Waals surface area contributed by atoms with E-state index in [1.807, 2.05) is 4.98 Å². The highest BCUT2D eigenvalue weighted by Crippen LogP contribution is 2.42. The van der Waals surface area contributed by atoms with Crippen LogP contribution in [0.3, 0.4) is 0 Å². The molecular weight excluding hydrogens is 616 g/mol. The Balaban J connectivity index is 1.77. The number of aromatic amines is 1. The topological polar surface area (TPSA) is 93.5 Å². The van der Waals surface area contributed by atoms with Gasteiger partial charge in [0.25, 0.3) is 11.5 Å². The van der Waals surface area contributed by atoms with Gasteiger partial charge >= 0.3 is 18.2 Å². The number of alkyl halides is 8. The normalized spacial score (nSPS) is 14.1. The first-order chi connectivity index (χ1) is 19.8. The van der Waals surface area contributed by atoms with Gasteiger partial charge in [-0.2, -0.15) is 13.2 Å². The van der Waals surface area contributed by atoms with Crippen LogP contribution in [0.2, 0.25) is 0 Å². The fourth-order valence-corrected chi connectivity index (χ4v) is 5.56. The fourth-order valence-electron chi connectivity index (χ4n) is 4.25. The molecule has 2 aromatic heterocycles. The number of benzene rings is 2. The smallest absolute Gasteiger partial charge is 0.482 e. The molecule has 2 heterocycles. The Morgan fingerprint density at radius 3 is 2.16 bits per heavy atom. The summed E-state index contributed by atoms with van der Waals surface area (Å²) in [6.07, 6.45) is -14.1. The Kier molecular flexibility index (Phi) is 8.41. The largest absolute Gasteiger partial charge is 0.573 e. The Hall–Kier alpha value is -3.92. The molecule has 0 bridgehead atoms. The lowest BCUT2D eigenvalue weighted by atomic mass is 10.0. The zero-order chi connectivity index (χ0) is 32.1. The van der Waals surface area contributed by atoms with E-state index in [-0.39, 0.29) is 37.5 Å². The molecule has 0 radical (unpaired) electrons. The number of H-pyrrole nitrogens is 1. The molecule has 0 aliphatic rings. The van der Waals surface area contributed by atoms with Gasteiger partial charge in [-0.3, -0.25) is 14.3 Å². The van der Waals surface area contributed by atoms with Crippen molar-refractivity contribution in [2.24, 2.45) is 0 Å². The van der Waals surface area contributed by atoms with Crippen molar-refractivity contribution in [3.05, 3.63) is 80.0 Å². The van der Waals surface area contributed by atoms with Crippen molar-refractivity contribution in [3.8, 4) is 21.9 Å². The van der Waals surface area contributed by atoms with Gasteiger partial charge in [-0.1, -0.05) is 24.3 Å². The van der Waals surface area contributed by atoms with E-state index in [2.05, 4.69) is 4.74 Å². The minimum absolute atomic E-state index is 0.0438. The standard InChI is InChI=1S/C27H22F8N2O5S/c1-12-20-22(39)36-24(40)37(11-19(38)26(30,31)32)23(20)43-21(12)15-6-9-17(18(10-15)42-27(33,34)35)41-13(2)14-4-7-16(8-5-14)25(3,28)29/h4-10,13,19,38H,11H2,1-3H3,(H,36,39,40)/t13?,19-/m1/s1. The van der Waals surface area contributed by atoms with Gasteiger partial charge < -0.3 is 14.6 Å². The van der Waals surface area contributed by atoms with Crippen LogP contribution in [0.5, 0.6) is 11.5 Å². The third kappa shape index (κ3) is 7.01. The van der Waals surface area contributed by atoms with Crippen molar-refractivity contribution in [3.63, 3.8) is 0 Å². The van der Waals surface area contributed by atoms with Gasteiger partial charge in [-0.25, -0.2) is 13.6 Å². The highest BCUT2D eigenvalue weighted by Gasteiger charge is 2.39. The number of ether oxygens (including phenoxy) is 2. The number of rotatable bonds is 8. The van der Waals surface area contributed by atoms with E-state index in [9.17, 15) is 49.8 Å². The Bertz CT molecular complexity index is 1750. The molecule has 0 spiro atoms. The molecule has 2 aromatic carbocycles. The number of fused-ring (bicyclic) bond motifs is 1. The van der Waals surface area contributed by atoms with Crippen molar-refractivity contribution >= 4 is 21.6 Å². The highest BCUT2D eigenvalue weighted by molar-refractivity contribution is 7.22. The van der Waals surface area contributed by atoms with E-state index < -0.39 is 54.2 Å². The summed E-state index contributed by atoms with van der Waals surface area (Å²) in [6, 6.07) is 8.37. The summed E-state index contributed by atoms with van der Waals surface area (Å²) in [6.45, 7) is 2.34. The molecule has 4 rings (SSSR count). The van der Waals surface area contributed by atoms with E-state index >= 15 is 0 Å². The Morgan fingerprint density at radius 1 is 0.977 bits per heavy atom. The summed E-state index contributed by atoms with van der Waals surface area (Å²) in [5, 5.41) is 9.33. The lowest BCUT2D eigenvalue weighted by Gasteiger charge is -2.20. The average Bonchev–Trinajstić information content (AvgIpc) is 3.22. The van der Waals surface area contributed by atoms with Crippen molar-refractivity contribution in [2.45, 2.75) is 58.0 Å². The second kappa shape index (κ2) is 11.3. The molecule has 4 aromatic rings. The van der Waals surface area contributed by atoms with E-state index in [0.717, 1.165) is 24.3 Å². The molecular formula is C27H22F8N2O5S. The van der Waals surface area contributed by atoms with Gasteiger partial charge in [-0.05, 0) is 48.7 Å². The first-order valence-corrected chi connectivity index (χ1v) is 13.1. The lowest BCUT2D eigenvalue weighted by molar-refractivity contribution is -0.275. The molecule has 232 valence electrons. The summed E-state index contributed by atoms with van der Waals surface area (Å²) >= 11 is 0.657. The first-order valence-electron chi connectivity index (χ1n) is 12.3. The van der Waals surface area contributed by atoms with E-state index in [4.69, 9.17) is 4.74 Å². The number of hydrogen-bond acceptors (Lipinski definition) is 6. The van der Waals surface area contributed by atoms with Crippen LogP contribution in [0.4, 0.5) is 35.1 Å². The van der Waals surface area contributed by atoms with E-state index in [1.165, 1.54) is 32.0 Å². The summed E-state index contributed by atoms with van der Waals surface area (Å²) < 4.78 is 116. The van der Waals surface area contributed by atoms with E-state index in [1.54, 1.807) is 0 Å². The van der Waals surface area contributed by atoms with Crippen LogP contribution in [0.25, 0.3) is 20.7 Å². The maximum atomic E-state index is 13.5. The number of halogens is 8. The van der Waals surface area contributed by atoms with Gasteiger partial charge in [-0.15, -0.1) is 24.5 Å². The molecule has 0 fully saturated rings. The Labute approximate surface area is 240 Å². The second-order valence-corrected chi connectivity index (χ2v) is 10.6. The van der Waals surface area contributed by atoms with Crippen molar-refractivity contribution in [1.29, 1.82) is 0 Å². The van der Waals surface area contributed by atoms with Crippen molar-refractivity contribution in [1.82, 2.24) is 9.55 Å². The predicted octanol–water partition coefficient (Wildman–Crippen LogP) is 6.80. The third-order valence-corrected chi connectivity index (χ3v) is 7.79. The monoisotopic (exact) mass is 638 g/mol. The molecule has 0 aliphatic carbocycles. The maximum absolute atomic E-state index is 13.5. The molecule has 1 unspecified atom stereocenters. The summed E-state index contributed by atoms with van der Waals surface area (Å²) in [5.74, 6) is -4.28. The van der Waals surface area contributed by atoms with Gasteiger partial charge in [0, 0.05) is 17.4 Å². The van der Waals surface area contributed by atoms with Crippen LogP contribution < -0.4 is 20.7 Å². The minimum Gasteiger partial charge on any atom is -0.482 e. The quantitative estimate of drug-likeness (QED) is 0.207. The fraction of sp³-hybridized carbons (Fsp3) is 0.333. The number of nitrogens with zero attached hydrogens (tertiary/aromatic N) is 1. The molecule has 0 saturated heterocycles. The number of aliphatic hydroxyl groups excluding tert-OH is 1. The number of hydrogen-bond donors (Lipinski definition) is 2. The van der Waals surface area contributed by atoms with Crippen LogP contribution in [0.15, 0.2) is 52.1 Å². The third-order valence-electron chi connectivity index (χ3n) is 6.42. The minimum atomic E-state index is -5.17. The van der Waals surface area contributed by atoms with Crippen LogP contribution in [-0.4, -0.2) is 33.3 Å². The number of nitrogens with one attached hydrogen (secondary N) is 1. The molecule has 0 aliphatic heterocycles. The average molecular weight is 639 g/mol. The number of aryl methyl sites for hydroxylation is 1. The van der Waals surface area contributed by atoms with Crippen molar-refractivity contribution < 1.29 is 49.7 Å². The Morgan fingerprint density at radius 2 is 1.60 bits per heavy atom. The van der Waals surface area contributed by atoms with Gasteiger partial charge in [0.2, 0.25) is 0 Å². The van der Waals surface area contributed by atoms with E-state index in [0.29, 0.717) is 28.4 Å². The lowest BCUT2D eigenvalue weighted by Crippen LogP contribution is -2.38. The first kappa shape index (κ1) is 32.0. The zero-order valence-electron chi connectivity index (χ0n) is 22.4. The number of thiophene rings is 1. The SMILES string of the molecule is Cc1c(-c2ccc(OC(C)c3ccc(C(C)(F)F)cc3)c(OC(F)(F)F)c2)sc2c1c(=O)[nH]c(=O)n2C[C@@H](O)C(F)(F)F.